The zero-order chi connectivity index (χ0) is 14.8. The van der Waals surface area contributed by atoms with E-state index in [1.54, 1.807) is 0 Å². The van der Waals surface area contributed by atoms with Crippen molar-refractivity contribution in [3.63, 3.8) is 0 Å². The van der Waals surface area contributed by atoms with E-state index in [0.29, 0.717) is 5.56 Å². The van der Waals surface area contributed by atoms with Gasteiger partial charge in [0.05, 0.1) is 5.75 Å². The Hall–Kier alpha value is -1.93. The van der Waals surface area contributed by atoms with Crippen molar-refractivity contribution in [2.75, 3.05) is 4.72 Å². The van der Waals surface area contributed by atoms with Crippen molar-refractivity contribution in [2.24, 2.45) is 0 Å². The van der Waals surface area contributed by atoms with Crippen LogP contribution in [0.15, 0.2) is 36.4 Å². The number of carboxylic acid groups (broad SMARTS) is 1. The Morgan fingerprint density at radius 1 is 1.20 bits per heavy atom. The van der Waals surface area contributed by atoms with Crippen molar-refractivity contribution in [3.05, 3.63) is 52.7 Å². The summed E-state index contributed by atoms with van der Waals surface area (Å²) in [5.41, 5.74) is 0.439. The molecule has 0 saturated carbocycles. The fraction of sp³-hybridized carbons (Fsp3) is 0.0833. The summed E-state index contributed by atoms with van der Waals surface area (Å²) in [6, 6.07) is 7.83. The first-order valence-electron chi connectivity index (χ1n) is 5.44. The van der Waals surface area contributed by atoms with Crippen LogP contribution < -0.4 is 4.72 Å². The Bertz CT molecular complexity index is 722. The van der Waals surface area contributed by atoms with Crippen LogP contribution in [0.5, 0.6) is 0 Å². The number of rotatable bonds is 5. The Kier molecular flexibility index (Phi) is 4.05. The minimum Gasteiger partial charge on any atom is -0.477 e. The maximum absolute atomic E-state index is 12.7. The molecule has 0 spiro atoms. The summed E-state index contributed by atoms with van der Waals surface area (Å²) in [5, 5.41) is 8.98. The number of carboxylic acids is 1. The van der Waals surface area contributed by atoms with Crippen LogP contribution in [0.1, 0.15) is 15.2 Å². The number of carbonyl (C=O) groups is 1. The molecule has 20 heavy (non-hydrogen) atoms. The maximum atomic E-state index is 12.7. The highest BCUT2D eigenvalue weighted by Gasteiger charge is 2.14. The zero-order valence-corrected chi connectivity index (χ0v) is 11.7. The second kappa shape index (κ2) is 5.59. The minimum atomic E-state index is -3.67. The minimum absolute atomic E-state index is 0.0458. The van der Waals surface area contributed by atoms with Gasteiger partial charge in [-0.25, -0.2) is 17.6 Å². The van der Waals surface area contributed by atoms with Crippen molar-refractivity contribution < 1.29 is 22.7 Å². The first kappa shape index (κ1) is 14.5. The number of hydrogen-bond acceptors (Lipinski definition) is 4. The van der Waals surface area contributed by atoms with Gasteiger partial charge in [0.2, 0.25) is 10.0 Å². The van der Waals surface area contributed by atoms with E-state index >= 15 is 0 Å². The summed E-state index contributed by atoms with van der Waals surface area (Å²) in [6.07, 6.45) is 0. The van der Waals surface area contributed by atoms with Gasteiger partial charge in [-0.2, -0.15) is 0 Å². The first-order chi connectivity index (χ1) is 9.35. The molecule has 0 radical (unpaired) electrons. The van der Waals surface area contributed by atoms with E-state index in [1.807, 2.05) is 0 Å². The van der Waals surface area contributed by atoms with Gasteiger partial charge in [-0.3, -0.25) is 4.72 Å². The van der Waals surface area contributed by atoms with E-state index in [-0.39, 0.29) is 15.6 Å². The fourth-order valence-electron chi connectivity index (χ4n) is 1.50. The number of halogens is 1. The molecule has 8 heteroatoms. The number of nitrogens with one attached hydrogen (secondary N) is 1. The standard InChI is InChI=1S/C12H10FNO4S2/c13-9-3-1-8(2-4-9)7-20(17,18)14-11-6-5-10(19-11)12(15)16/h1-6,14H,7H2,(H,15,16). The van der Waals surface area contributed by atoms with Gasteiger partial charge in [0.25, 0.3) is 0 Å². The number of sulfonamides is 1. The summed E-state index contributed by atoms with van der Waals surface area (Å²) < 4.78 is 38.8. The molecule has 0 aliphatic carbocycles. The van der Waals surface area contributed by atoms with Crippen molar-refractivity contribution in [1.82, 2.24) is 0 Å². The van der Waals surface area contributed by atoms with Gasteiger partial charge in [-0.15, -0.1) is 11.3 Å². The second-order valence-corrected chi connectivity index (χ2v) is 6.76. The molecule has 1 heterocycles. The van der Waals surface area contributed by atoms with Gasteiger partial charge >= 0.3 is 5.97 Å². The molecule has 1 aromatic heterocycles. The predicted octanol–water partition coefficient (Wildman–Crippen LogP) is 2.53. The van der Waals surface area contributed by atoms with Crippen molar-refractivity contribution >= 4 is 32.3 Å². The zero-order valence-electron chi connectivity index (χ0n) is 10.0. The average molecular weight is 315 g/mol. The van der Waals surface area contributed by atoms with E-state index in [4.69, 9.17) is 5.11 Å². The Morgan fingerprint density at radius 2 is 1.85 bits per heavy atom. The molecule has 0 bridgehead atoms. The molecule has 0 atom stereocenters. The summed E-state index contributed by atoms with van der Waals surface area (Å²) in [6.45, 7) is 0. The number of hydrogen-bond donors (Lipinski definition) is 2. The molecule has 1 aromatic carbocycles. The number of benzene rings is 1. The third-order valence-corrected chi connectivity index (χ3v) is 4.70. The number of thiophene rings is 1. The van der Waals surface area contributed by atoms with Crippen molar-refractivity contribution in [2.45, 2.75) is 5.75 Å². The molecule has 2 aromatic rings. The lowest BCUT2D eigenvalue weighted by Crippen LogP contribution is -2.14. The van der Waals surface area contributed by atoms with Crippen LogP contribution in [0.2, 0.25) is 0 Å². The van der Waals surface area contributed by atoms with E-state index < -0.39 is 21.8 Å². The lowest BCUT2D eigenvalue weighted by molar-refractivity contribution is 0.0702. The average Bonchev–Trinajstić information content (AvgIpc) is 2.79. The van der Waals surface area contributed by atoms with Crippen LogP contribution in [0.3, 0.4) is 0 Å². The summed E-state index contributed by atoms with van der Waals surface area (Å²) in [5.74, 6) is -1.87. The molecule has 0 fully saturated rings. The van der Waals surface area contributed by atoms with Gasteiger partial charge in [0, 0.05) is 0 Å². The molecule has 0 aliphatic rings. The van der Waals surface area contributed by atoms with Gasteiger partial charge in [-0.1, -0.05) is 12.1 Å². The highest BCUT2D eigenvalue weighted by Crippen LogP contribution is 2.23. The summed E-state index contributed by atoms with van der Waals surface area (Å²) >= 11 is 0.831. The predicted molar refractivity (Wildman–Crippen MR) is 73.9 cm³/mol. The molecule has 0 saturated heterocycles. The molecular weight excluding hydrogens is 305 g/mol. The molecule has 0 unspecified atom stereocenters. The normalized spacial score (nSPS) is 11.2. The van der Waals surface area contributed by atoms with Crippen LogP contribution in [0.4, 0.5) is 9.39 Å². The van der Waals surface area contributed by atoms with Crippen LogP contribution in [-0.4, -0.2) is 19.5 Å². The molecule has 2 N–H and O–H groups in total. The van der Waals surface area contributed by atoms with E-state index in [0.717, 1.165) is 11.3 Å². The number of anilines is 1. The van der Waals surface area contributed by atoms with Gasteiger partial charge < -0.3 is 5.11 Å². The molecule has 5 nitrogen and oxygen atoms in total. The highest BCUT2D eigenvalue weighted by molar-refractivity contribution is 7.92. The van der Waals surface area contributed by atoms with Crippen LogP contribution in [0, 0.1) is 5.82 Å². The van der Waals surface area contributed by atoms with Gasteiger partial charge in [0.15, 0.2) is 0 Å². The van der Waals surface area contributed by atoms with Crippen LogP contribution in [-0.2, 0) is 15.8 Å². The quantitative estimate of drug-likeness (QED) is 0.888. The Morgan fingerprint density at radius 3 is 2.40 bits per heavy atom. The smallest absolute Gasteiger partial charge is 0.345 e. The third-order valence-electron chi connectivity index (χ3n) is 2.34. The monoisotopic (exact) mass is 315 g/mol. The van der Waals surface area contributed by atoms with Crippen molar-refractivity contribution in [1.29, 1.82) is 0 Å². The van der Waals surface area contributed by atoms with Crippen LogP contribution in [0.25, 0.3) is 0 Å². The van der Waals surface area contributed by atoms with Crippen molar-refractivity contribution in [3.8, 4) is 0 Å². The molecule has 2 rings (SSSR count). The molecule has 0 amide bonds. The Labute approximate surface area is 118 Å². The van der Waals surface area contributed by atoms with Crippen LogP contribution >= 0.6 is 11.3 Å². The van der Waals surface area contributed by atoms with E-state index in [2.05, 4.69) is 4.72 Å². The molecule has 106 valence electrons. The van der Waals surface area contributed by atoms with E-state index in [1.165, 1.54) is 36.4 Å². The molecular formula is C12H10FNO4S2. The SMILES string of the molecule is O=C(O)c1ccc(NS(=O)(=O)Cc2ccc(F)cc2)s1. The summed E-state index contributed by atoms with van der Waals surface area (Å²) in [7, 11) is -3.67. The molecule has 0 aliphatic heterocycles. The fourth-order valence-corrected chi connectivity index (χ4v) is 3.72. The number of aromatic carboxylic acids is 1. The highest BCUT2D eigenvalue weighted by atomic mass is 32.2. The second-order valence-electron chi connectivity index (χ2n) is 3.96. The lowest BCUT2D eigenvalue weighted by atomic mass is 10.2. The summed E-state index contributed by atoms with van der Waals surface area (Å²) in [4.78, 5) is 10.7. The lowest BCUT2D eigenvalue weighted by Gasteiger charge is -2.05. The Balaban J connectivity index is 2.10. The first-order valence-corrected chi connectivity index (χ1v) is 7.91. The van der Waals surface area contributed by atoms with Gasteiger partial charge in [0.1, 0.15) is 15.7 Å². The maximum Gasteiger partial charge on any atom is 0.345 e. The topological polar surface area (TPSA) is 83.5 Å². The largest absolute Gasteiger partial charge is 0.477 e. The van der Waals surface area contributed by atoms with E-state index in [9.17, 15) is 17.6 Å². The van der Waals surface area contributed by atoms with Gasteiger partial charge in [-0.05, 0) is 29.8 Å². The third kappa shape index (κ3) is 3.78.